The molecule has 0 bridgehead atoms. The Morgan fingerprint density at radius 2 is 2.21 bits per heavy atom. The molecule has 0 aromatic carbocycles. The maximum absolute atomic E-state index is 5.23. The molecule has 2 unspecified atom stereocenters. The summed E-state index contributed by atoms with van der Waals surface area (Å²) in [6.07, 6.45) is 5.45. The molecule has 0 N–H and O–H groups in total. The van der Waals surface area contributed by atoms with E-state index < -0.39 is 0 Å². The number of methoxy groups -OCH3 is 1. The predicted octanol–water partition coefficient (Wildman–Crippen LogP) is 2.66. The summed E-state index contributed by atoms with van der Waals surface area (Å²) >= 11 is 3.62. The van der Waals surface area contributed by atoms with Crippen LogP contribution in [0, 0.1) is 0 Å². The van der Waals surface area contributed by atoms with Crippen molar-refractivity contribution in [2.75, 3.05) is 25.6 Å². The molecule has 3 heteroatoms. The van der Waals surface area contributed by atoms with Crippen LogP contribution in [0.15, 0.2) is 0 Å². The molecule has 1 aliphatic heterocycles. The molecule has 0 radical (unpaired) electrons. The van der Waals surface area contributed by atoms with Gasteiger partial charge < -0.3 is 4.74 Å². The highest BCUT2D eigenvalue weighted by Crippen LogP contribution is 2.20. The number of halogens is 1. The number of ether oxygens (including phenoxy) is 1. The normalized spacial score (nSPS) is 27.2. The van der Waals surface area contributed by atoms with Crippen LogP contribution in [0.1, 0.15) is 32.6 Å². The van der Waals surface area contributed by atoms with E-state index in [1.165, 1.54) is 32.2 Å². The van der Waals surface area contributed by atoms with Crippen LogP contribution in [0.2, 0.25) is 0 Å². The molecule has 1 saturated heterocycles. The summed E-state index contributed by atoms with van der Waals surface area (Å²) in [4.78, 5) is 2.60. The minimum Gasteiger partial charge on any atom is -0.383 e. The van der Waals surface area contributed by atoms with Crippen LogP contribution >= 0.6 is 15.9 Å². The summed E-state index contributed by atoms with van der Waals surface area (Å²) in [5.41, 5.74) is 0. The lowest BCUT2D eigenvalue weighted by atomic mass is 10.1. The Balaban J connectivity index is 2.50. The molecule has 2 nitrogen and oxygen atoms in total. The molecule has 1 rings (SSSR count). The average Bonchev–Trinajstić information content (AvgIpc) is 2.42. The van der Waals surface area contributed by atoms with Crippen molar-refractivity contribution in [3.05, 3.63) is 0 Å². The van der Waals surface area contributed by atoms with Crippen LogP contribution in [0.5, 0.6) is 0 Å². The smallest absolute Gasteiger partial charge is 0.0615 e. The van der Waals surface area contributed by atoms with Crippen LogP contribution in [-0.2, 0) is 4.74 Å². The molecule has 0 amide bonds. The molecule has 1 aliphatic rings. The van der Waals surface area contributed by atoms with E-state index in [4.69, 9.17) is 4.74 Å². The van der Waals surface area contributed by atoms with Gasteiger partial charge >= 0.3 is 0 Å². The number of likely N-dealkylation sites (tertiary alicyclic amines) is 1. The lowest BCUT2D eigenvalue weighted by molar-refractivity contribution is 0.0781. The first kappa shape index (κ1) is 12.5. The van der Waals surface area contributed by atoms with E-state index in [1.54, 1.807) is 7.11 Å². The number of nitrogens with zero attached hydrogens (tertiary/aromatic N) is 1. The van der Waals surface area contributed by atoms with E-state index in [0.29, 0.717) is 12.1 Å². The monoisotopic (exact) mass is 263 g/mol. The summed E-state index contributed by atoms with van der Waals surface area (Å²) in [6.45, 7) is 4.36. The zero-order chi connectivity index (χ0) is 10.4. The van der Waals surface area contributed by atoms with Crippen LogP contribution in [0.25, 0.3) is 0 Å². The quantitative estimate of drug-likeness (QED) is 0.724. The van der Waals surface area contributed by atoms with Gasteiger partial charge in [-0.2, -0.15) is 0 Å². The van der Waals surface area contributed by atoms with Gasteiger partial charge in [-0.05, 0) is 26.3 Å². The molecule has 2 atom stereocenters. The molecule has 0 saturated carbocycles. The fourth-order valence-corrected chi connectivity index (χ4v) is 2.98. The standard InChI is InChI=1S/C11H22BrNO/c1-10(9-14-2)13-7-5-3-4-6-11(13)8-12/h10-11H,3-9H2,1-2H3. The Bertz CT molecular complexity index is 154. The van der Waals surface area contributed by atoms with E-state index in [2.05, 4.69) is 27.8 Å². The van der Waals surface area contributed by atoms with E-state index in [-0.39, 0.29) is 0 Å². The second kappa shape index (κ2) is 6.81. The van der Waals surface area contributed by atoms with Crippen molar-refractivity contribution >= 4 is 15.9 Å². The van der Waals surface area contributed by atoms with E-state index in [1.807, 2.05) is 0 Å². The third-order valence-electron chi connectivity index (χ3n) is 3.07. The van der Waals surface area contributed by atoms with Crippen LogP contribution in [0.4, 0.5) is 0 Å². The fourth-order valence-electron chi connectivity index (χ4n) is 2.28. The van der Waals surface area contributed by atoms with Crippen molar-refractivity contribution in [3.63, 3.8) is 0 Å². The highest BCUT2D eigenvalue weighted by atomic mass is 79.9. The van der Waals surface area contributed by atoms with Gasteiger partial charge in [0.05, 0.1) is 6.61 Å². The van der Waals surface area contributed by atoms with Crippen LogP contribution in [-0.4, -0.2) is 42.6 Å². The van der Waals surface area contributed by atoms with E-state index in [0.717, 1.165) is 11.9 Å². The van der Waals surface area contributed by atoms with E-state index >= 15 is 0 Å². The van der Waals surface area contributed by atoms with Gasteiger partial charge in [0.1, 0.15) is 0 Å². The molecular weight excluding hydrogens is 242 g/mol. The highest BCUT2D eigenvalue weighted by Gasteiger charge is 2.23. The van der Waals surface area contributed by atoms with Crippen molar-refractivity contribution < 1.29 is 4.74 Å². The second-order valence-electron chi connectivity index (χ2n) is 4.20. The third-order valence-corrected chi connectivity index (χ3v) is 3.82. The van der Waals surface area contributed by atoms with Gasteiger partial charge in [-0.3, -0.25) is 4.90 Å². The van der Waals surface area contributed by atoms with Gasteiger partial charge in [0.15, 0.2) is 0 Å². The highest BCUT2D eigenvalue weighted by molar-refractivity contribution is 9.09. The van der Waals surface area contributed by atoms with Crippen LogP contribution < -0.4 is 0 Å². The first-order chi connectivity index (χ1) is 6.79. The van der Waals surface area contributed by atoms with Gasteiger partial charge in [0.25, 0.3) is 0 Å². The molecule has 0 aliphatic carbocycles. The van der Waals surface area contributed by atoms with Gasteiger partial charge in [0.2, 0.25) is 0 Å². The minimum absolute atomic E-state index is 0.556. The predicted molar refractivity (Wildman–Crippen MR) is 64.1 cm³/mol. The fraction of sp³-hybridized carbons (Fsp3) is 1.00. The first-order valence-electron chi connectivity index (χ1n) is 5.60. The topological polar surface area (TPSA) is 12.5 Å². The van der Waals surface area contributed by atoms with Crippen molar-refractivity contribution in [2.45, 2.75) is 44.7 Å². The largest absolute Gasteiger partial charge is 0.383 e. The molecule has 1 fully saturated rings. The summed E-state index contributed by atoms with van der Waals surface area (Å²) in [5.74, 6) is 0. The molecular formula is C11H22BrNO. The Labute approximate surface area is 96.1 Å². The summed E-state index contributed by atoms with van der Waals surface area (Å²) in [7, 11) is 1.79. The van der Waals surface area contributed by atoms with E-state index in [9.17, 15) is 0 Å². The summed E-state index contributed by atoms with van der Waals surface area (Å²) in [6, 6.07) is 1.27. The zero-order valence-corrected chi connectivity index (χ0v) is 10.9. The maximum atomic E-state index is 5.23. The van der Waals surface area contributed by atoms with Gasteiger partial charge in [-0.25, -0.2) is 0 Å². The maximum Gasteiger partial charge on any atom is 0.0615 e. The minimum atomic E-state index is 0.556. The van der Waals surface area contributed by atoms with Crippen molar-refractivity contribution in [3.8, 4) is 0 Å². The molecule has 0 aromatic rings. The number of alkyl halides is 1. The molecule has 0 spiro atoms. The van der Waals surface area contributed by atoms with Gasteiger partial charge in [0, 0.05) is 24.5 Å². The van der Waals surface area contributed by atoms with Gasteiger partial charge in [-0.15, -0.1) is 0 Å². The second-order valence-corrected chi connectivity index (χ2v) is 4.85. The summed E-state index contributed by atoms with van der Waals surface area (Å²) < 4.78 is 5.23. The van der Waals surface area contributed by atoms with Gasteiger partial charge in [-0.1, -0.05) is 28.8 Å². The Kier molecular flexibility index (Phi) is 6.06. The van der Waals surface area contributed by atoms with Crippen molar-refractivity contribution in [2.24, 2.45) is 0 Å². The Morgan fingerprint density at radius 1 is 1.43 bits per heavy atom. The SMILES string of the molecule is COCC(C)N1CCCCCC1CBr. The lowest BCUT2D eigenvalue weighted by Gasteiger charge is -2.33. The molecule has 1 heterocycles. The van der Waals surface area contributed by atoms with Crippen molar-refractivity contribution in [1.29, 1.82) is 0 Å². The lowest BCUT2D eigenvalue weighted by Crippen LogP contribution is -2.44. The number of hydrogen-bond donors (Lipinski definition) is 0. The first-order valence-corrected chi connectivity index (χ1v) is 6.72. The van der Waals surface area contributed by atoms with Crippen LogP contribution in [0.3, 0.4) is 0 Å². The number of hydrogen-bond acceptors (Lipinski definition) is 2. The zero-order valence-electron chi connectivity index (χ0n) is 9.34. The molecule has 0 aromatic heterocycles. The Hall–Kier alpha value is 0.400. The summed E-state index contributed by atoms with van der Waals surface area (Å²) in [5, 5.41) is 1.10. The molecule has 84 valence electrons. The third kappa shape index (κ3) is 3.52. The average molecular weight is 264 g/mol. The number of rotatable bonds is 4. The molecule has 14 heavy (non-hydrogen) atoms. The van der Waals surface area contributed by atoms with Crippen molar-refractivity contribution in [1.82, 2.24) is 4.90 Å². The Morgan fingerprint density at radius 3 is 2.86 bits per heavy atom.